The van der Waals surface area contributed by atoms with Crippen LogP contribution >= 0.6 is 11.3 Å². The molecule has 3 rings (SSSR count). The number of carbonyl (C=O) groups is 1. The molecule has 1 amide bonds. The number of hydrogen-bond donors (Lipinski definition) is 0. The molecule has 0 radical (unpaired) electrons. The number of sulfone groups is 1. The molecule has 8 heteroatoms. The van der Waals surface area contributed by atoms with Gasteiger partial charge in [0.25, 0.3) is 0 Å². The molecule has 0 fully saturated rings. The van der Waals surface area contributed by atoms with Crippen molar-refractivity contribution < 1.29 is 17.6 Å². The first-order chi connectivity index (χ1) is 13.7. The third-order valence-corrected chi connectivity index (χ3v) is 7.61. The number of benzene rings is 2. The Morgan fingerprint density at radius 3 is 2.52 bits per heavy atom. The molecule has 0 bridgehead atoms. The van der Waals surface area contributed by atoms with Crippen LogP contribution in [0.1, 0.15) is 38.2 Å². The van der Waals surface area contributed by atoms with Gasteiger partial charge in [-0.3, -0.25) is 4.79 Å². The maximum absolute atomic E-state index is 13.0. The smallest absolute Gasteiger partial charge is 0.248 e. The molecule has 0 unspecified atom stereocenters. The number of aryl methyl sites for hydroxylation is 1. The van der Waals surface area contributed by atoms with Gasteiger partial charge in [-0.25, -0.2) is 12.8 Å². The summed E-state index contributed by atoms with van der Waals surface area (Å²) >= 11 is 1.44. The Morgan fingerprint density at radius 1 is 1.17 bits per heavy atom. The Morgan fingerprint density at radius 2 is 1.86 bits per heavy atom. The van der Waals surface area contributed by atoms with E-state index in [2.05, 4.69) is 31.0 Å². The van der Waals surface area contributed by atoms with E-state index in [1.807, 2.05) is 17.7 Å². The highest BCUT2D eigenvalue weighted by atomic mass is 32.2. The second-order valence-electron chi connectivity index (χ2n) is 7.21. The molecule has 29 heavy (non-hydrogen) atoms. The van der Waals surface area contributed by atoms with E-state index in [0.29, 0.717) is 10.7 Å². The summed E-state index contributed by atoms with van der Waals surface area (Å²) in [6.07, 6.45) is 0.195. The van der Waals surface area contributed by atoms with Gasteiger partial charge in [0.05, 0.1) is 20.9 Å². The summed E-state index contributed by atoms with van der Waals surface area (Å²) in [6.45, 7) is 4.26. The van der Waals surface area contributed by atoms with Gasteiger partial charge in [0.15, 0.2) is 14.6 Å². The van der Waals surface area contributed by atoms with Crippen LogP contribution in [-0.2, 0) is 21.7 Å². The van der Waals surface area contributed by atoms with Crippen molar-refractivity contribution in [2.24, 2.45) is 12.0 Å². The molecule has 2 aromatic carbocycles. The monoisotopic (exact) mass is 434 g/mol. The summed E-state index contributed by atoms with van der Waals surface area (Å²) in [5, 5.41) is 0. The zero-order chi connectivity index (χ0) is 21.2. The predicted octanol–water partition coefficient (Wildman–Crippen LogP) is 4.18. The van der Waals surface area contributed by atoms with Crippen molar-refractivity contribution in [1.82, 2.24) is 4.57 Å². The third kappa shape index (κ3) is 5.00. The lowest BCUT2D eigenvalue weighted by atomic mass is 10.0. The Kier molecular flexibility index (Phi) is 6.33. The van der Waals surface area contributed by atoms with Crippen LogP contribution in [0, 0.1) is 5.82 Å². The normalized spacial score (nSPS) is 12.8. The van der Waals surface area contributed by atoms with E-state index in [9.17, 15) is 17.6 Å². The van der Waals surface area contributed by atoms with Crippen LogP contribution in [0.3, 0.4) is 0 Å². The van der Waals surface area contributed by atoms with Crippen molar-refractivity contribution in [2.75, 3.05) is 5.75 Å². The molecule has 5 nitrogen and oxygen atoms in total. The summed E-state index contributed by atoms with van der Waals surface area (Å²) in [6, 6.07) is 10.9. The largest absolute Gasteiger partial charge is 0.319 e. The molecule has 0 atom stereocenters. The standard InChI is InChI=1S/C21H23FN2O3S2/c1-14(2)15-6-11-18-19(13-15)28-21(24(18)3)23-20(25)5-4-12-29(26,27)17-9-7-16(22)8-10-17/h6-11,13-14H,4-5,12H2,1-3H3. The van der Waals surface area contributed by atoms with Crippen molar-refractivity contribution in [3.05, 3.63) is 58.6 Å². The fourth-order valence-electron chi connectivity index (χ4n) is 2.95. The molecule has 3 aromatic rings. The number of carbonyl (C=O) groups excluding carboxylic acids is 1. The van der Waals surface area contributed by atoms with Gasteiger partial charge >= 0.3 is 0 Å². The van der Waals surface area contributed by atoms with Crippen LogP contribution < -0.4 is 4.80 Å². The number of amides is 1. The summed E-state index contributed by atoms with van der Waals surface area (Å²) in [5.74, 6) is -0.618. The molecule has 154 valence electrons. The van der Waals surface area contributed by atoms with Crippen molar-refractivity contribution in [3.8, 4) is 0 Å². The van der Waals surface area contributed by atoms with E-state index in [-0.39, 0.29) is 29.4 Å². The molecule has 0 aliphatic rings. The van der Waals surface area contributed by atoms with Crippen LogP contribution in [-0.4, -0.2) is 24.6 Å². The maximum Gasteiger partial charge on any atom is 0.248 e. The highest BCUT2D eigenvalue weighted by Crippen LogP contribution is 2.23. The Labute approximate surface area is 173 Å². The minimum atomic E-state index is -3.55. The van der Waals surface area contributed by atoms with E-state index in [1.54, 1.807) is 0 Å². The predicted molar refractivity (Wildman–Crippen MR) is 113 cm³/mol. The van der Waals surface area contributed by atoms with Gasteiger partial charge in [-0.2, -0.15) is 4.99 Å². The lowest BCUT2D eigenvalue weighted by Gasteiger charge is -2.04. The van der Waals surface area contributed by atoms with E-state index < -0.39 is 15.7 Å². The van der Waals surface area contributed by atoms with E-state index >= 15 is 0 Å². The highest BCUT2D eigenvalue weighted by molar-refractivity contribution is 7.91. The van der Waals surface area contributed by atoms with Crippen molar-refractivity contribution in [2.45, 2.75) is 37.5 Å². The van der Waals surface area contributed by atoms with Crippen LogP contribution in [0.2, 0.25) is 0 Å². The minimum Gasteiger partial charge on any atom is -0.319 e. The van der Waals surface area contributed by atoms with Crippen molar-refractivity contribution in [3.63, 3.8) is 0 Å². The van der Waals surface area contributed by atoms with Gasteiger partial charge in [0, 0.05) is 13.5 Å². The van der Waals surface area contributed by atoms with Crippen LogP contribution in [0.5, 0.6) is 0 Å². The topological polar surface area (TPSA) is 68.5 Å². The quantitative estimate of drug-likeness (QED) is 0.547. The zero-order valence-electron chi connectivity index (χ0n) is 16.6. The second-order valence-corrected chi connectivity index (χ2v) is 10.3. The molecule has 0 aliphatic carbocycles. The first kappa shape index (κ1) is 21.4. The molecule has 1 heterocycles. The summed E-state index contributed by atoms with van der Waals surface area (Å²) in [4.78, 5) is 17.1. The molecular weight excluding hydrogens is 411 g/mol. The highest BCUT2D eigenvalue weighted by Gasteiger charge is 2.15. The number of fused-ring (bicyclic) bond motifs is 1. The van der Waals surface area contributed by atoms with Crippen molar-refractivity contribution in [1.29, 1.82) is 0 Å². The average Bonchev–Trinajstić information content (AvgIpc) is 2.97. The number of rotatable bonds is 6. The Bertz CT molecular complexity index is 1210. The lowest BCUT2D eigenvalue weighted by molar-refractivity contribution is -0.118. The number of hydrogen-bond acceptors (Lipinski definition) is 4. The number of thiazole rings is 1. The number of aromatic nitrogens is 1. The van der Waals surface area contributed by atoms with Gasteiger partial charge in [0.2, 0.25) is 5.91 Å². The minimum absolute atomic E-state index is 0.0336. The summed E-state index contributed by atoms with van der Waals surface area (Å²) in [7, 11) is -1.69. The Balaban J connectivity index is 1.70. The SMILES string of the molecule is CC(C)c1ccc2c(c1)sc(=NC(=O)CCCS(=O)(=O)c1ccc(F)cc1)n2C. The van der Waals surface area contributed by atoms with Gasteiger partial charge in [0.1, 0.15) is 5.82 Å². The molecule has 1 aromatic heterocycles. The first-order valence-corrected chi connectivity index (χ1v) is 11.8. The van der Waals surface area contributed by atoms with Crippen LogP contribution in [0.4, 0.5) is 4.39 Å². The van der Waals surface area contributed by atoms with Gasteiger partial charge in [-0.15, -0.1) is 0 Å². The maximum atomic E-state index is 13.0. The summed E-state index contributed by atoms with van der Waals surface area (Å²) in [5.41, 5.74) is 2.23. The molecule has 0 spiro atoms. The third-order valence-electron chi connectivity index (χ3n) is 4.70. The van der Waals surface area contributed by atoms with Gasteiger partial charge < -0.3 is 4.57 Å². The second kappa shape index (κ2) is 8.59. The average molecular weight is 435 g/mol. The fourth-order valence-corrected chi connectivity index (χ4v) is 5.35. The van der Waals surface area contributed by atoms with E-state index in [4.69, 9.17) is 0 Å². The summed E-state index contributed by atoms with van der Waals surface area (Å²) < 4.78 is 40.4. The van der Waals surface area contributed by atoms with E-state index in [0.717, 1.165) is 22.3 Å². The van der Waals surface area contributed by atoms with Gasteiger partial charge in [-0.1, -0.05) is 31.3 Å². The molecule has 0 saturated carbocycles. The molecule has 0 aliphatic heterocycles. The number of halogens is 1. The molecular formula is C21H23FN2O3S2. The fraction of sp³-hybridized carbons (Fsp3) is 0.333. The van der Waals surface area contributed by atoms with Gasteiger partial charge in [-0.05, 0) is 54.3 Å². The lowest BCUT2D eigenvalue weighted by Crippen LogP contribution is -2.14. The molecule has 0 N–H and O–H groups in total. The number of nitrogens with zero attached hydrogens (tertiary/aromatic N) is 2. The van der Waals surface area contributed by atoms with Crippen LogP contribution in [0.25, 0.3) is 10.2 Å². The Hall–Kier alpha value is -2.32. The zero-order valence-corrected chi connectivity index (χ0v) is 18.2. The van der Waals surface area contributed by atoms with Crippen molar-refractivity contribution >= 4 is 37.3 Å². The van der Waals surface area contributed by atoms with E-state index in [1.165, 1.54) is 29.0 Å². The molecule has 0 saturated heterocycles. The van der Waals surface area contributed by atoms with Crippen LogP contribution in [0.15, 0.2) is 52.4 Å². The first-order valence-electron chi connectivity index (χ1n) is 9.33.